The number of allylic oxidation sites excluding steroid dienone is 6. The quantitative estimate of drug-likeness (QED) is 0.0261. The SMILES string of the molecule is CCCCC/C=C\C/C=C\CCCCCCCC(=O)OC(COC(=O)CCCCCCCCCCCCC)COC(=O)CCCCCCCCCCCCCCCCCCCCCCCCC/C=C\CCCCCCCCCC. The van der Waals surface area contributed by atoms with E-state index in [1.807, 2.05) is 0 Å². The summed E-state index contributed by atoms with van der Waals surface area (Å²) in [5.41, 5.74) is 0. The minimum absolute atomic E-state index is 0.0724. The third-order valence-corrected chi connectivity index (χ3v) is 16.1. The van der Waals surface area contributed by atoms with Gasteiger partial charge in [0.2, 0.25) is 0 Å². The minimum atomic E-state index is -0.775. The second kappa shape index (κ2) is 68.1. The van der Waals surface area contributed by atoms with Crippen molar-refractivity contribution in [3.8, 4) is 0 Å². The number of unbranched alkanes of at least 4 members (excludes halogenated alkanes) is 49. The van der Waals surface area contributed by atoms with Crippen LogP contribution < -0.4 is 0 Å². The highest BCUT2D eigenvalue weighted by molar-refractivity contribution is 5.71. The Balaban J connectivity index is 4.01. The molecular formula is C73H136O6. The molecule has 0 spiro atoms. The zero-order valence-electron chi connectivity index (χ0n) is 53.4. The first-order valence-electron chi connectivity index (χ1n) is 35.5. The van der Waals surface area contributed by atoms with Crippen molar-refractivity contribution in [1.29, 1.82) is 0 Å². The number of carbonyl (C=O) groups excluding carboxylic acids is 3. The standard InChI is InChI=1S/C73H136O6/c1-4-7-10-13-16-19-22-24-26-27-28-29-30-31-32-33-34-35-36-37-38-39-40-41-42-43-44-45-47-48-51-54-57-60-63-66-72(75)78-69-70(68-77-71(74)65-62-59-56-53-50-21-18-15-12-9-6-3)79-73(76)67-64-61-58-55-52-49-46-25-23-20-17-14-11-8-5-2/h17,20,25,27-28,46,70H,4-16,18-19,21-24,26,29-45,47-69H2,1-3H3/b20-17-,28-27-,46-25-. The second-order valence-corrected chi connectivity index (χ2v) is 24.1. The van der Waals surface area contributed by atoms with E-state index in [4.69, 9.17) is 14.2 Å². The van der Waals surface area contributed by atoms with E-state index in [-0.39, 0.29) is 31.1 Å². The Morgan fingerprint density at radius 3 is 0.734 bits per heavy atom. The molecule has 0 N–H and O–H groups in total. The maximum Gasteiger partial charge on any atom is 0.306 e. The van der Waals surface area contributed by atoms with Gasteiger partial charge in [0.25, 0.3) is 0 Å². The third-order valence-electron chi connectivity index (χ3n) is 16.1. The van der Waals surface area contributed by atoms with E-state index in [9.17, 15) is 14.4 Å². The predicted octanol–water partition coefficient (Wildman–Crippen LogP) is 24.3. The molecule has 0 saturated heterocycles. The van der Waals surface area contributed by atoms with Gasteiger partial charge in [-0.3, -0.25) is 14.4 Å². The molecule has 464 valence electrons. The molecule has 0 fully saturated rings. The number of carbonyl (C=O) groups is 3. The molecule has 0 heterocycles. The van der Waals surface area contributed by atoms with Crippen LogP contribution in [0.5, 0.6) is 0 Å². The average molecular weight is 1110 g/mol. The van der Waals surface area contributed by atoms with Crippen LogP contribution in [0, 0.1) is 0 Å². The van der Waals surface area contributed by atoms with Gasteiger partial charge in [-0.05, 0) is 77.0 Å². The molecule has 0 aliphatic carbocycles. The molecule has 0 radical (unpaired) electrons. The fraction of sp³-hybridized carbons (Fsp3) is 0.877. The molecule has 79 heavy (non-hydrogen) atoms. The number of hydrogen-bond donors (Lipinski definition) is 0. The summed E-state index contributed by atoms with van der Waals surface area (Å²) >= 11 is 0. The van der Waals surface area contributed by atoms with Gasteiger partial charge < -0.3 is 14.2 Å². The van der Waals surface area contributed by atoms with Crippen molar-refractivity contribution < 1.29 is 28.6 Å². The molecule has 0 aliphatic heterocycles. The predicted molar refractivity (Wildman–Crippen MR) is 344 cm³/mol. The fourth-order valence-corrected chi connectivity index (χ4v) is 10.8. The Bertz CT molecular complexity index is 1320. The fourth-order valence-electron chi connectivity index (χ4n) is 10.8. The molecule has 0 aliphatic rings. The van der Waals surface area contributed by atoms with Crippen LogP contribution in [-0.2, 0) is 28.6 Å². The molecule has 0 saturated carbocycles. The molecule has 1 unspecified atom stereocenters. The number of rotatable bonds is 66. The van der Waals surface area contributed by atoms with Crippen molar-refractivity contribution in [2.75, 3.05) is 13.2 Å². The summed E-state index contributed by atoms with van der Waals surface area (Å²) in [5, 5.41) is 0. The lowest BCUT2D eigenvalue weighted by molar-refractivity contribution is -0.167. The molecular weight excluding hydrogens is 973 g/mol. The zero-order valence-corrected chi connectivity index (χ0v) is 53.4. The van der Waals surface area contributed by atoms with Crippen LogP contribution in [0.15, 0.2) is 36.5 Å². The largest absolute Gasteiger partial charge is 0.462 e. The van der Waals surface area contributed by atoms with Crippen LogP contribution in [0.4, 0.5) is 0 Å². The number of esters is 3. The van der Waals surface area contributed by atoms with Crippen LogP contribution >= 0.6 is 0 Å². The topological polar surface area (TPSA) is 78.9 Å². The summed E-state index contributed by atoms with van der Waals surface area (Å²) in [4.78, 5) is 38.2. The normalized spacial score (nSPS) is 12.2. The average Bonchev–Trinajstić information content (AvgIpc) is 3.45. The van der Waals surface area contributed by atoms with E-state index in [2.05, 4.69) is 57.2 Å². The van der Waals surface area contributed by atoms with Gasteiger partial charge in [0.05, 0.1) is 0 Å². The molecule has 0 rings (SSSR count). The van der Waals surface area contributed by atoms with Crippen LogP contribution in [0.1, 0.15) is 393 Å². The van der Waals surface area contributed by atoms with Crippen LogP contribution in [-0.4, -0.2) is 37.2 Å². The van der Waals surface area contributed by atoms with Gasteiger partial charge in [-0.1, -0.05) is 333 Å². The highest BCUT2D eigenvalue weighted by Gasteiger charge is 2.19. The lowest BCUT2D eigenvalue weighted by atomic mass is 10.0. The van der Waals surface area contributed by atoms with Crippen molar-refractivity contribution in [1.82, 2.24) is 0 Å². The van der Waals surface area contributed by atoms with Crippen LogP contribution in [0.25, 0.3) is 0 Å². The first-order valence-corrected chi connectivity index (χ1v) is 35.5. The molecule has 0 aromatic carbocycles. The van der Waals surface area contributed by atoms with E-state index in [1.165, 1.54) is 270 Å². The highest BCUT2D eigenvalue weighted by Crippen LogP contribution is 2.18. The summed E-state index contributed by atoms with van der Waals surface area (Å²) in [5.74, 6) is -0.863. The summed E-state index contributed by atoms with van der Waals surface area (Å²) in [7, 11) is 0. The summed E-state index contributed by atoms with van der Waals surface area (Å²) < 4.78 is 16.9. The Kier molecular flexibility index (Phi) is 66.1. The zero-order chi connectivity index (χ0) is 57.1. The lowest BCUT2D eigenvalue weighted by Gasteiger charge is -2.18. The highest BCUT2D eigenvalue weighted by atomic mass is 16.6. The smallest absolute Gasteiger partial charge is 0.306 e. The van der Waals surface area contributed by atoms with Gasteiger partial charge in [-0.2, -0.15) is 0 Å². The first-order chi connectivity index (χ1) is 39.0. The molecule has 6 nitrogen and oxygen atoms in total. The Labute approximate surface area is 493 Å². The van der Waals surface area contributed by atoms with E-state index in [1.54, 1.807) is 0 Å². The van der Waals surface area contributed by atoms with Gasteiger partial charge in [-0.15, -0.1) is 0 Å². The molecule has 0 aromatic heterocycles. The Morgan fingerprint density at radius 1 is 0.253 bits per heavy atom. The van der Waals surface area contributed by atoms with E-state index in [0.29, 0.717) is 19.3 Å². The van der Waals surface area contributed by atoms with Gasteiger partial charge in [-0.25, -0.2) is 0 Å². The van der Waals surface area contributed by atoms with E-state index in [0.717, 1.165) is 83.5 Å². The van der Waals surface area contributed by atoms with Gasteiger partial charge in [0.1, 0.15) is 13.2 Å². The molecule has 1 atom stereocenters. The van der Waals surface area contributed by atoms with Crippen molar-refractivity contribution in [2.45, 2.75) is 399 Å². The molecule has 0 aromatic rings. The van der Waals surface area contributed by atoms with E-state index < -0.39 is 6.10 Å². The number of hydrogen-bond acceptors (Lipinski definition) is 6. The summed E-state index contributed by atoms with van der Waals surface area (Å²) in [6.45, 7) is 6.65. The Hall–Kier alpha value is -2.37. The van der Waals surface area contributed by atoms with Crippen molar-refractivity contribution >= 4 is 17.9 Å². The number of ether oxygens (including phenoxy) is 3. The lowest BCUT2D eigenvalue weighted by Crippen LogP contribution is -2.30. The maximum atomic E-state index is 12.9. The van der Waals surface area contributed by atoms with Crippen molar-refractivity contribution in [3.63, 3.8) is 0 Å². The van der Waals surface area contributed by atoms with Gasteiger partial charge >= 0.3 is 17.9 Å². The monoisotopic (exact) mass is 1110 g/mol. The maximum absolute atomic E-state index is 12.9. The van der Waals surface area contributed by atoms with Crippen LogP contribution in [0.3, 0.4) is 0 Å². The third kappa shape index (κ3) is 66.3. The van der Waals surface area contributed by atoms with Gasteiger partial charge in [0.15, 0.2) is 6.10 Å². The molecule has 6 heteroatoms. The van der Waals surface area contributed by atoms with Crippen molar-refractivity contribution in [2.24, 2.45) is 0 Å². The minimum Gasteiger partial charge on any atom is -0.462 e. The second-order valence-electron chi connectivity index (χ2n) is 24.1. The molecule has 0 bridgehead atoms. The summed E-state index contributed by atoms with van der Waals surface area (Å²) in [6, 6.07) is 0. The van der Waals surface area contributed by atoms with Gasteiger partial charge in [0, 0.05) is 19.3 Å². The summed E-state index contributed by atoms with van der Waals surface area (Å²) in [6.07, 6.45) is 84.9. The molecule has 0 amide bonds. The first kappa shape index (κ1) is 76.6. The van der Waals surface area contributed by atoms with Crippen molar-refractivity contribution in [3.05, 3.63) is 36.5 Å². The van der Waals surface area contributed by atoms with Crippen LogP contribution in [0.2, 0.25) is 0 Å². The Morgan fingerprint density at radius 2 is 0.456 bits per heavy atom. The van der Waals surface area contributed by atoms with E-state index >= 15 is 0 Å².